The summed E-state index contributed by atoms with van der Waals surface area (Å²) in [5.74, 6) is -0.374. The lowest BCUT2D eigenvalue weighted by Crippen LogP contribution is -2.05. The molecule has 2 rings (SSSR count). The number of hydrogen-bond acceptors (Lipinski definition) is 3. The number of aryl methyl sites for hydroxylation is 2. The second-order valence-corrected chi connectivity index (χ2v) is 5.38. The third-order valence-corrected chi connectivity index (χ3v) is 3.68. The normalized spacial score (nSPS) is 10.3. The van der Waals surface area contributed by atoms with E-state index in [1.807, 2.05) is 0 Å². The predicted octanol–water partition coefficient (Wildman–Crippen LogP) is 4.36. The van der Waals surface area contributed by atoms with Crippen molar-refractivity contribution in [1.29, 1.82) is 0 Å². The van der Waals surface area contributed by atoms with Crippen LogP contribution < -0.4 is 5.32 Å². The average molecular weight is 304 g/mol. The highest BCUT2D eigenvalue weighted by Gasteiger charge is 2.09. The highest BCUT2D eigenvalue weighted by Crippen LogP contribution is 2.24. The number of hydrogen-bond donors (Lipinski definition) is 1. The van der Waals surface area contributed by atoms with Gasteiger partial charge in [0.15, 0.2) is 0 Å². The van der Waals surface area contributed by atoms with E-state index >= 15 is 0 Å². The van der Waals surface area contributed by atoms with Crippen LogP contribution in [0.3, 0.4) is 0 Å². The molecule has 0 aliphatic rings. The topological polar surface area (TPSA) is 38.3 Å². The van der Waals surface area contributed by atoms with Crippen molar-refractivity contribution in [2.75, 3.05) is 12.4 Å². The summed E-state index contributed by atoms with van der Waals surface area (Å²) in [5.41, 5.74) is 4.86. The molecule has 4 heteroatoms. The Balaban J connectivity index is 2.17. The van der Waals surface area contributed by atoms with Gasteiger partial charge >= 0.3 is 5.97 Å². The molecule has 0 saturated heterocycles. The Morgan fingerprint density at radius 2 is 1.95 bits per heavy atom. The van der Waals surface area contributed by atoms with Crippen LogP contribution in [-0.2, 0) is 11.3 Å². The largest absolute Gasteiger partial charge is 0.465 e. The van der Waals surface area contributed by atoms with E-state index in [1.165, 1.54) is 23.8 Å². The zero-order valence-corrected chi connectivity index (χ0v) is 13.1. The molecule has 2 aromatic rings. The molecule has 21 heavy (non-hydrogen) atoms. The van der Waals surface area contributed by atoms with Crippen molar-refractivity contribution in [1.82, 2.24) is 0 Å². The van der Waals surface area contributed by atoms with Gasteiger partial charge in [-0.2, -0.15) is 0 Å². The van der Waals surface area contributed by atoms with Gasteiger partial charge in [-0.25, -0.2) is 4.79 Å². The number of methoxy groups -OCH3 is 1. The monoisotopic (exact) mass is 303 g/mol. The molecule has 0 unspecified atom stereocenters. The molecule has 0 aromatic heterocycles. The van der Waals surface area contributed by atoms with Gasteiger partial charge in [0.1, 0.15) is 0 Å². The summed E-state index contributed by atoms with van der Waals surface area (Å²) in [4.78, 5) is 11.5. The van der Waals surface area contributed by atoms with Crippen LogP contribution in [0.4, 0.5) is 5.69 Å². The zero-order valence-electron chi connectivity index (χ0n) is 12.4. The minimum absolute atomic E-state index is 0.374. The van der Waals surface area contributed by atoms with E-state index < -0.39 is 0 Å². The fourth-order valence-electron chi connectivity index (χ4n) is 2.14. The smallest absolute Gasteiger partial charge is 0.337 e. The third kappa shape index (κ3) is 3.76. The number of anilines is 1. The molecule has 110 valence electrons. The molecule has 0 spiro atoms. The van der Waals surface area contributed by atoms with E-state index in [1.54, 1.807) is 18.2 Å². The van der Waals surface area contributed by atoms with Crippen LogP contribution in [0.25, 0.3) is 0 Å². The lowest BCUT2D eigenvalue weighted by molar-refractivity contribution is 0.0601. The number of carbonyl (C=O) groups excluding carboxylic acids is 1. The van der Waals surface area contributed by atoms with Crippen LogP contribution in [0, 0.1) is 13.8 Å². The Hall–Kier alpha value is -2.00. The van der Waals surface area contributed by atoms with Crippen molar-refractivity contribution in [2.24, 2.45) is 0 Å². The Bertz CT molecular complexity index is 668. The molecule has 0 bridgehead atoms. The van der Waals surface area contributed by atoms with Crippen molar-refractivity contribution < 1.29 is 9.53 Å². The Labute approximate surface area is 129 Å². The first-order chi connectivity index (χ1) is 10.0. The summed E-state index contributed by atoms with van der Waals surface area (Å²) in [6.07, 6.45) is 0. The van der Waals surface area contributed by atoms with Gasteiger partial charge in [-0.3, -0.25) is 0 Å². The molecule has 0 amide bonds. The molecular formula is C17H18ClNO2. The van der Waals surface area contributed by atoms with Crippen molar-refractivity contribution in [2.45, 2.75) is 20.4 Å². The van der Waals surface area contributed by atoms with E-state index in [0.29, 0.717) is 17.1 Å². The zero-order chi connectivity index (χ0) is 15.4. The van der Waals surface area contributed by atoms with Gasteiger partial charge in [0, 0.05) is 6.54 Å². The molecule has 2 aromatic carbocycles. The first-order valence-corrected chi connectivity index (χ1v) is 7.07. The number of rotatable bonds is 4. The van der Waals surface area contributed by atoms with Gasteiger partial charge in [-0.1, -0.05) is 35.4 Å². The van der Waals surface area contributed by atoms with Crippen molar-refractivity contribution >= 4 is 23.3 Å². The van der Waals surface area contributed by atoms with Crippen LogP contribution in [0.1, 0.15) is 27.0 Å². The standard InChI is InChI=1S/C17H18ClNO2/c1-11-4-5-14(12(2)8-11)10-19-16-9-13(17(20)21-3)6-7-15(16)18/h4-9,19H,10H2,1-3H3. The first kappa shape index (κ1) is 15.4. The van der Waals surface area contributed by atoms with Gasteiger partial charge in [-0.15, -0.1) is 0 Å². The maximum Gasteiger partial charge on any atom is 0.337 e. The highest BCUT2D eigenvalue weighted by atomic mass is 35.5. The molecule has 3 nitrogen and oxygen atoms in total. The minimum Gasteiger partial charge on any atom is -0.465 e. The summed E-state index contributed by atoms with van der Waals surface area (Å²) < 4.78 is 4.72. The van der Waals surface area contributed by atoms with E-state index in [4.69, 9.17) is 16.3 Å². The summed E-state index contributed by atoms with van der Waals surface area (Å²) in [5, 5.41) is 3.85. The number of nitrogens with one attached hydrogen (secondary N) is 1. The molecule has 1 N–H and O–H groups in total. The number of carbonyl (C=O) groups is 1. The molecule has 0 atom stereocenters. The second-order valence-electron chi connectivity index (χ2n) is 4.97. The van der Waals surface area contributed by atoms with E-state index in [0.717, 1.165) is 5.69 Å². The van der Waals surface area contributed by atoms with Crippen LogP contribution >= 0.6 is 11.6 Å². The molecule has 0 aliphatic carbocycles. The number of ether oxygens (including phenoxy) is 1. The lowest BCUT2D eigenvalue weighted by Gasteiger charge is -2.12. The van der Waals surface area contributed by atoms with Gasteiger partial charge in [-0.05, 0) is 43.2 Å². The molecule has 0 aliphatic heterocycles. The van der Waals surface area contributed by atoms with E-state index in [-0.39, 0.29) is 5.97 Å². The van der Waals surface area contributed by atoms with Gasteiger partial charge in [0.25, 0.3) is 0 Å². The Morgan fingerprint density at radius 3 is 2.62 bits per heavy atom. The fraction of sp³-hybridized carbons (Fsp3) is 0.235. The first-order valence-electron chi connectivity index (χ1n) is 6.69. The fourth-order valence-corrected chi connectivity index (χ4v) is 2.32. The summed E-state index contributed by atoms with van der Waals surface area (Å²) in [6.45, 7) is 4.80. The minimum atomic E-state index is -0.374. The van der Waals surface area contributed by atoms with E-state index in [9.17, 15) is 4.79 Å². The van der Waals surface area contributed by atoms with E-state index in [2.05, 4.69) is 37.4 Å². The van der Waals surface area contributed by atoms with Crippen LogP contribution in [0.5, 0.6) is 0 Å². The van der Waals surface area contributed by atoms with Crippen molar-refractivity contribution in [3.05, 3.63) is 63.7 Å². The molecule has 0 fully saturated rings. The Morgan fingerprint density at radius 1 is 1.19 bits per heavy atom. The molecule has 0 saturated carbocycles. The van der Waals surface area contributed by atoms with Crippen LogP contribution in [0.2, 0.25) is 5.02 Å². The quantitative estimate of drug-likeness (QED) is 0.853. The predicted molar refractivity (Wildman–Crippen MR) is 86.0 cm³/mol. The van der Waals surface area contributed by atoms with Crippen molar-refractivity contribution in [3.63, 3.8) is 0 Å². The third-order valence-electron chi connectivity index (χ3n) is 3.35. The van der Waals surface area contributed by atoms with Gasteiger partial charge < -0.3 is 10.1 Å². The lowest BCUT2D eigenvalue weighted by atomic mass is 10.1. The molecular weight excluding hydrogens is 286 g/mol. The average Bonchev–Trinajstić information content (AvgIpc) is 2.47. The maximum absolute atomic E-state index is 11.5. The summed E-state index contributed by atoms with van der Waals surface area (Å²) in [6, 6.07) is 11.4. The molecule has 0 radical (unpaired) electrons. The van der Waals surface area contributed by atoms with Crippen LogP contribution in [0.15, 0.2) is 36.4 Å². The van der Waals surface area contributed by atoms with Gasteiger partial charge in [0.05, 0.1) is 23.4 Å². The van der Waals surface area contributed by atoms with Crippen molar-refractivity contribution in [3.8, 4) is 0 Å². The number of benzene rings is 2. The Kier molecular flexibility index (Phi) is 4.86. The SMILES string of the molecule is COC(=O)c1ccc(Cl)c(NCc2ccc(C)cc2C)c1. The maximum atomic E-state index is 11.5. The summed E-state index contributed by atoms with van der Waals surface area (Å²) >= 11 is 6.16. The number of halogens is 1. The summed E-state index contributed by atoms with van der Waals surface area (Å²) in [7, 11) is 1.36. The van der Waals surface area contributed by atoms with Gasteiger partial charge in [0.2, 0.25) is 0 Å². The highest BCUT2D eigenvalue weighted by molar-refractivity contribution is 6.33. The molecule has 0 heterocycles. The second kappa shape index (κ2) is 6.64. The van der Waals surface area contributed by atoms with Crippen LogP contribution in [-0.4, -0.2) is 13.1 Å². The number of esters is 1.